The lowest BCUT2D eigenvalue weighted by atomic mass is 10.1. The van der Waals surface area contributed by atoms with Gasteiger partial charge in [-0.3, -0.25) is 0 Å². The van der Waals surface area contributed by atoms with Crippen LogP contribution in [0.5, 0.6) is 0 Å². The topological polar surface area (TPSA) is 12.0 Å². The summed E-state index contributed by atoms with van der Waals surface area (Å²) >= 11 is 7.07. The van der Waals surface area contributed by atoms with Crippen LogP contribution in [0.15, 0.2) is 27.1 Å². The fourth-order valence-corrected chi connectivity index (χ4v) is 2.38. The maximum atomic E-state index is 3.60. The molecular weight excluding hydrogens is 330 g/mol. The summed E-state index contributed by atoms with van der Waals surface area (Å²) in [6.45, 7) is 4.47. The molecule has 0 aliphatic heterocycles. The lowest BCUT2D eigenvalue weighted by molar-refractivity contribution is 0.593. The highest BCUT2D eigenvalue weighted by Gasteiger charge is 2.07. The average Bonchev–Trinajstić information content (AvgIpc) is 2.28. The largest absolute Gasteiger partial charge is 0.381 e. The Kier molecular flexibility index (Phi) is 6.44. The fourth-order valence-electron chi connectivity index (χ4n) is 1.66. The van der Waals surface area contributed by atoms with Crippen molar-refractivity contribution in [2.45, 2.75) is 45.6 Å². The second-order valence-electron chi connectivity index (χ2n) is 4.02. The average molecular weight is 349 g/mol. The minimum absolute atomic E-state index is 0.575. The Balaban J connectivity index is 2.65. The van der Waals surface area contributed by atoms with Crippen LogP contribution in [0.25, 0.3) is 0 Å². The van der Waals surface area contributed by atoms with E-state index in [1.807, 2.05) is 6.07 Å². The van der Waals surface area contributed by atoms with Crippen LogP contribution < -0.4 is 5.32 Å². The van der Waals surface area contributed by atoms with Crippen LogP contribution in [-0.2, 0) is 0 Å². The van der Waals surface area contributed by atoms with E-state index in [2.05, 4.69) is 63.2 Å². The first-order valence-corrected chi connectivity index (χ1v) is 7.47. The Hall–Kier alpha value is -0.0200. The van der Waals surface area contributed by atoms with Crippen molar-refractivity contribution in [2.75, 3.05) is 5.32 Å². The Morgan fingerprint density at radius 1 is 1.25 bits per heavy atom. The zero-order valence-corrected chi connectivity index (χ0v) is 13.1. The van der Waals surface area contributed by atoms with Crippen molar-refractivity contribution in [3.05, 3.63) is 27.1 Å². The minimum Gasteiger partial charge on any atom is -0.381 e. The normalized spacial score (nSPS) is 12.5. The van der Waals surface area contributed by atoms with E-state index >= 15 is 0 Å². The lowest BCUT2D eigenvalue weighted by Gasteiger charge is -2.19. The van der Waals surface area contributed by atoms with Crippen molar-refractivity contribution in [1.29, 1.82) is 0 Å². The zero-order chi connectivity index (χ0) is 12.0. The molecule has 1 rings (SSSR count). The molecule has 1 atom stereocenters. The van der Waals surface area contributed by atoms with Gasteiger partial charge in [-0.1, -0.05) is 42.6 Å². The van der Waals surface area contributed by atoms with Gasteiger partial charge in [0, 0.05) is 20.7 Å². The van der Waals surface area contributed by atoms with Gasteiger partial charge in [0.05, 0.1) is 0 Å². The summed E-state index contributed by atoms with van der Waals surface area (Å²) < 4.78 is 2.24. The Morgan fingerprint density at radius 2 is 2.00 bits per heavy atom. The van der Waals surface area contributed by atoms with E-state index in [9.17, 15) is 0 Å². The Morgan fingerprint density at radius 3 is 2.62 bits per heavy atom. The van der Waals surface area contributed by atoms with E-state index in [1.54, 1.807) is 0 Å². The predicted molar refractivity (Wildman–Crippen MR) is 79.1 cm³/mol. The molecule has 0 amide bonds. The number of hydrogen-bond donors (Lipinski definition) is 1. The first-order chi connectivity index (χ1) is 7.67. The number of anilines is 1. The summed E-state index contributed by atoms with van der Waals surface area (Å²) in [5.41, 5.74) is 1.18. The molecule has 0 radical (unpaired) electrons. The van der Waals surface area contributed by atoms with Crippen molar-refractivity contribution in [1.82, 2.24) is 0 Å². The van der Waals surface area contributed by atoms with Crippen LogP contribution in [-0.4, -0.2) is 6.04 Å². The van der Waals surface area contributed by atoms with E-state index < -0.39 is 0 Å². The molecule has 1 aromatic carbocycles. The molecule has 0 spiro atoms. The second-order valence-corrected chi connectivity index (χ2v) is 5.79. The van der Waals surface area contributed by atoms with Gasteiger partial charge in [-0.05, 0) is 47.0 Å². The van der Waals surface area contributed by atoms with Crippen molar-refractivity contribution in [2.24, 2.45) is 0 Å². The van der Waals surface area contributed by atoms with Gasteiger partial charge in [0.25, 0.3) is 0 Å². The molecule has 0 saturated heterocycles. The van der Waals surface area contributed by atoms with Crippen LogP contribution in [0.4, 0.5) is 5.69 Å². The molecule has 1 nitrogen and oxygen atoms in total. The molecule has 0 aliphatic rings. The number of benzene rings is 1. The molecule has 0 fully saturated rings. The number of unbranched alkanes of at least 4 members (excludes halogenated alkanes) is 1. The summed E-state index contributed by atoms with van der Waals surface area (Å²) in [6, 6.07) is 6.81. The van der Waals surface area contributed by atoms with Gasteiger partial charge in [0.1, 0.15) is 0 Å². The molecule has 1 aromatic rings. The molecule has 1 unspecified atom stereocenters. The molecule has 90 valence electrons. The third-order valence-corrected chi connectivity index (χ3v) is 3.87. The first-order valence-electron chi connectivity index (χ1n) is 5.89. The maximum absolute atomic E-state index is 3.60. The minimum atomic E-state index is 0.575. The summed E-state index contributed by atoms with van der Waals surface area (Å²) in [6.07, 6.45) is 4.96. The van der Waals surface area contributed by atoms with E-state index in [0.29, 0.717) is 6.04 Å². The first kappa shape index (κ1) is 14.0. The standard InChI is InChI=1S/C13H19Br2N/c1-3-5-6-11(4-2)16-13-9-10(14)7-8-12(13)15/h7-9,11,16H,3-6H2,1-2H3. The molecule has 0 heterocycles. The smallest absolute Gasteiger partial charge is 0.0498 e. The number of rotatable bonds is 6. The third-order valence-electron chi connectivity index (χ3n) is 2.69. The number of hydrogen-bond acceptors (Lipinski definition) is 1. The van der Waals surface area contributed by atoms with Gasteiger partial charge in [-0.2, -0.15) is 0 Å². The summed E-state index contributed by atoms with van der Waals surface area (Å²) in [5, 5.41) is 3.60. The lowest BCUT2D eigenvalue weighted by Crippen LogP contribution is -2.18. The van der Waals surface area contributed by atoms with Gasteiger partial charge in [0.15, 0.2) is 0 Å². The van der Waals surface area contributed by atoms with Crippen LogP contribution in [0, 0.1) is 0 Å². The Labute approximate surface area is 115 Å². The van der Waals surface area contributed by atoms with Crippen LogP contribution in [0.1, 0.15) is 39.5 Å². The summed E-state index contributed by atoms with van der Waals surface area (Å²) in [7, 11) is 0. The predicted octanol–water partition coefficient (Wildman–Crippen LogP) is 5.59. The molecule has 0 aromatic heterocycles. The van der Waals surface area contributed by atoms with Crippen molar-refractivity contribution >= 4 is 37.5 Å². The van der Waals surface area contributed by atoms with Crippen LogP contribution in [0.3, 0.4) is 0 Å². The summed E-state index contributed by atoms with van der Waals surface area (Å²) in [4.78, 5) is 0. The molecule has 3 heteroatoms. The van der Waals surface area contributed by atoms with Gasteiger partial charge in [0.2, 0.25) is 0 Å². The SMILES string of the molecule is CCCCC(CC)Nc1cc(Br)ccc1Br. The van der Waals surface area contributed by atoms with Crippen molar-refractivity contribution in [3.8, 4) is 0 Å². The van der Waals surface area contributed by atoms with E-state index in [4.69, 9.17) is 0 Å². The molecule has 0 saturated carbocycles. The van der Waals surface area contributed by atoms with Gasteiger partial charge in [-0.25, -0.2) is 0 Å². The van der Waals surface area contributed by atoms with E-state index in [0.717, 1.165) is 8.95 Å². The number of halogens is 2. The molecule has 16 heavy (non-hydrogen) atoms. The van der Waals surface area contributed by atoms with Gasteiger partial charge < -0.3 is 5.32 Å². The third kappa shape index (κ3) is 4.46. The molecular formula is C13H19Br2N. The number of nitrogens with one attached hydrogen (secondary N) is 1. The van der Waals surface area contributed by atoms with E-state index in [1.165, 1.54) is 31.4 Å². The molecule has 0 aliphatic carbocycles. The van der Waals surface area contributed by atoms with Gasteiger partial charge in [-0.15, -0.1) is 0 Å². The quantitative estimate of drug-likeness (QED) is 0.706. The Bertz CT molecular complexity index is 326. The molecule has 0 bridgehead atoms. The highest BCUT2D eigenvalue weighted by molar-refractivity contribution is 9.11. The molecule has 1 N–H and O–H groups in total. The second kappa shape index (κ2) is 7.33. The highest BCUT2D eigenvalue weighted by Crippen LogP contribution is 2.27. The maximum Gasteiger partial charge on any atom is 0.0498 e. The summed E-state index contributed by atoms with van der Waals surface area (Å²) in [5.74, 6) is 0. The van der Waals surface area contributed by atoms with Crippen LogP contribution >= 0.6 is 31.9 Å². The fraction of sp³-hybridized carbons (Fsp3) is 0.538. The van der Waals surface area contributed by atoms with Crippen molar-refractivity contribution < 1.29 is 0 Å². The van der Waals surface area contributed by atoms with Gasteiger partial charge >= 0.3 is 0 Å². The zero-order valence-electron chi connectivity index (χ0n) is 9.89. The van der Waals surface area contributed by atoms with E-state index in [-0.39, 0.29) is 0 Å². The monoisotopic (exact) mass is 347 g/mol. The highest BCUT2D eigenvalue weighted by atomic mass is 79.9. The van der Waals surface area contributed by atoms with Crippen LogP contribution in [0.2, 0.25) is 0 Å². The van der Waals surface area contributed by atoms with Crippen molar-refractivity contribution in [3.63, 3.8) is 0 Å².